The van der Waals surface area contributed by atoms with Crippen LogP contribution in [-0.4, -0.2) is 30.4 Å². The number of nitrogens with zero attached hydrogens (tertiary/aromatic N) is 1. The minimum Gasteiger partial charge on any atom is -0.342 e. The van der Waals surface area contributed by atoms with Crippen molar-refractivity contribution in [2.75, 3.05) is 13.6 Å². The van der Waals surface area contributed by atoms with Crippen LogP contribution in [0.2, 0.25) is 0 Å². The van der Waals surface area contributed by atoms with Gasteiger partial charge in [-0.15, -0.1) is 0 Å². The molecule has 3 fully saturated rings. The van der Waals surface area contributed by atoms with Gasteiger partial charge >= 0.3 is 0 Å². The number of hydrogen-bond acceptors (Lipinski definition) is 2. The Morgan fingerprint density at radius 2 is 1.78 bits per heavy atom. The van der Waals surface area contributed by atoms with Crippen molar-refractivity contribution in [1.29, 1.82) is 0 Å². The van der Waals surface area contributed by atoms with Crippen molar-refractivity contribution in [1.82, 2.24) is 4.90 Å². The lowest BCUT2D eigenvalue weighted by atomic mass is 10.0. The maximum atomic E-state index is 12.6. The number of rotatable bonds is 3. The van der Waals surface area contributed by atoms with Gasteiger partial charge in [-0.1, -0.05) is 19.3 Å². The van der Waals surface area contributed by atoms with E-state index >= 15 is 0 Å². The largest absolute Gasteiger partial charge is 0.342 e. The van der Waals surface area contributed by atoms with Gasteiger partial charge in [-0.2, -0.15) is 0 Å². The van der Waals surface area contributed by atoms with Crippen molar-refractivity contribution in [3.05, 3.63) is 0 Å². The van der Waals surface area contributed by atoms with Crippen LogP contribution in [0.15, 0.2) is 0 Å². The summed E-state index contributed by atoms with van der Waals surface area (Å²) >= 11 is 0. The van der Waals surface area contributed by atoms with Crippen LogP contribution in [0.5, 0.6) is 0 Å². The predicted molar refractivity (Wildman–Crippen MR) is 71.9 cm³/mol. The number of carbonyl (C=O) groups excluding carboxylic acids is 1. The van der Waals surface area contributed by atoms with E-state index in [4.69, 9.17) is 5.73 Å². The van der Waals surface area contributed by atoms with Crippen LogP contribution in [0.25, 0.3) is 0 Å². The summed E-state index contributed by atoms with van der Waals surface area (Å²) in [7, 11) is 2.02. The number of nitrogens with two attached hydrogens (primary N) is 1. The molecule has 0 aromatic carbocycles. The maximum Gasteiger partial charge on any atom is 0.226 e. The topological polar surface area (TPSA) is 46.3 Å². The molecule has 3 heteroatoms. The number of carbonyl (C=O) groups is 1. The molecule has 0 spiro atoms. The third-order valence-electron chi connectivity index (χ3n) is 5.71. The molecule has 0 aromatic rings. The monoisotopic (exact) mass is 250 g/mol. The summed E-state index contributed by atoms with van der Waals surface area (Å²) in [5.74, 6) is 2.80. The summed E-state index contributed by atoms with van der Waals surface area (Å²) in [6, 6.07) is 0.421. The second-order valence-corrected chi connectivity index (χ2v) is 6.58. The molecular formula is C15H26N2O. The first-order valence-electron chi connectivity index (χ1n) is 7.70. The summed E-state index contributed by atoms with van der Waals surface area (Å²) in [6.45, 7) is 0.736. The van der Waals surface area contributed by atoms with Crippen LogP contribution in [-0.2, 0) is 4.79 Å². The van der Waals surface area contributed by atoms with Gasteiger partial charge in [-0.3, -0.25) is 4.79 Å². The first kappa shape index (κ1) is 12.5. The zero-order valence-electron chi connectivity index (χ0n) is 11.5. The highest BCUT2D eigenvalue weighted by Crippen LogP contribution is 2.56. The lowest BCUT2D eigenvalue weighted by Crippen LogP contribution is -2.42. The lowest BCUT2D eigenvalue weighted by Gasteiger charge is -2.29. The third-order valence-corrected chi connectivity index (χ3v) is 5.71. The van der Waals surface area contributed by atoms with Crippen molar-refractivity contribution in [2.24, 2.45) is 29.4 Å². The van der Waals surface area contributed by atoms with Gasteiger partial charge in [0.25, 0.3) is 0 Å². The Morgan fingerprint density at radius 3 is 2.39 bits per heavy atom. The van der Waals surface area contributed by atoms with E-state index < -0.39 is 0 Å². The Bertz CT molecular complexity index is 318. The van der Waals surface area contributed by atoms with Crippen molar-refractivity contribution in [3.63, 3.8) is 0 Å². The fraction of sp³-hybridized carbons (Fsp3) is 0.933. The number of amides is 1. The molecular weight excluding hydrogens is 224 g/mol. The zero-order valence-corrected chi connectivity index (χ0v) is 11.5. The van der Waals surface area contributed by atoms with Crippen molar-refractivity contribution in [3.8, 4) is 0 Å². The lowest BCUT2D eigenvalue weighted by molar-refractivity contribution is -0.134. The maximum absolute atomic E-state index is 12.6. The molecule has 1 amide bonds. The van der Waals surface area contributed by atoms with E-state index in [0.717, 1.165) is 24.8 Å². The van der Waals surface area contributed by atoms with Gasteiger partial charge in [-0.25, -0.2) is 0 Å². The number of hydrogen-bond donors (Lipinski definition) is 1. The zero-order chi connectivity index (χ0) is 12.7. The van der Waals surface area contributed by atoms with Crippen LogP contribution < -0.4 is 5.73 Å². The molecule has 3 rings (SSSR count). The van der Waals surface area contributed by atoms with E-state index in [0.29, 0.717) is 23.8 Å². The molecule has 3 nitrogen and oxygen atoms in total. The molecule has 0 aliphatic heterocycles. The van der Waals surface area contributed by atoms with Gasteiger partial charge in [0.15, 0.2) is 0 Å². The molecule has 4 atom stereocenters. The van der Waals surface area contributed by atoms with Crippen LogP contribution in [0, 0.1) is 23.7 Å². The van der Waals surface area contributed by atoms with E-state index in [1.54, 1.807) is 0 Å². The average molecular weight is 250 g/mol. The molecule has 0 aromatic heterocycles. The molecule has 0 radical (unpaired) electrons. The second-order valence-electron chi connectivity index (χ2n) is 6.58. The van der Waals surface area contributed by atoms with Crippen LogP contribution in [0.3, 0.4) is 0 Å². The molecule has 4 unspecified atom stereocenters. The van der Waals surface area contributed by atoms with E-state index in [-0.39, 0.29) is 0 Å². The van der Waals surface area contributed by atoms with Crippen LogP contribution in [0.1, 0.15) is 44.9 Å². The van der Waals surface area contributed by atoms with Crippen molar-refractivity contribution in [2.45, 2.75) is 51.0 Å². The van der Waals surface area contributed by atoms with E-state index in [1.807, 2.05) is 7.05 Å². The van der Waals surface area contributed by atoms with Crippen molar-refractivity contribution < 1.29 is 4.79 Å². The highest BCUT2D eigenvalue weighted by atomic mass is 16.2. The summed E-state index contributed by atoms with van der Waals surface area (Å²) < 4.78 is 0. The van der Waals surface area contributed by atoms with Crippen LogP contribution >= 0.6 is 0 Å². The Hall–Kier alpha value is -0.570. The summed E-state index contributed by atoms with van der Waals surface area (Å²) in [5.41, 5.74) is 5.83. The normalized spacial score (nSPS) is 42.4. The second kappa shape index (κ2) is 4.84. The molecule has 3 aliphatic carbocycles. The Balaban J connectivity index is 1.62. The van der Waals surface area contributed by atoms with E-state index in [1.165, 1.54) is 38.5 Å². The fourth-order valence-electron chi connectivity index (χ4n) is 4.56. The predicted octanol–water partition coefficient (Wildman–Crippen LogP) is 2.01. The molecule has 0 saturated heterocycles. The van der Waals surface area contributed by atoms with E-state index in [9.17, 15) is 4.79 Å². The summed E-state index contributed by atoms with van der Waals surface area (Å²) in [6.07, 6.45) is 8.86. The Kier molecular flexibility index (Phi) is 3.35. The van der Waals surface area contributed by atoms with E-state index in [2.05, 4.69) is 4.90 Å². The molecule has 3 saturated carbocycles. The first-order chi connectivity index (χ1) is 8.74. The minimum absolute atomic E-state index is 0.372. The highest BCUT2D eigenvalue weighted by molar-refractivity contribution is 5.82. The summed E-state index contributed by atoms with van der Waals surface area (Å²) in [5, 5.41) is 0. The molecule has 102 valence electrons. The fourth-order valence-corrected chi connectivity index (χ4v) is 4.56. The quantitative estimate of drug-likeness (QED) is 0.833. The van der Waals surface area contributed by atoms with Crippen LogP contribution in [0.4, 0.5) is 0 Å². The molecule has 0 bridgehead atoms. The molecule has 3 aliphatic rings. The number of fused-ring (bicyclic) bond motifs is 1. The summed E-state index contributed by atoms with van der Waals surface area (Å²) in [4.78, 5) is 14.7. The van der Waals surface area contributed by atoms with Gasteiger partial charge < -0.3 is 10.6 Å². The third kappa shape index (κ3) is 1.97. The Morgan fingerprint density at radius 1 is 1.11 bits per heavy atom. The smallest absolute Gasteiger partial charge is 0.226 e. The average Bonchev–Trinajstić information content (AvgIpc) is 2.93. The molecule has 2 N–H and O–H groups in total. The molecule has 18 heavy (non-hydrogen) atoms. The molecule has 0 heterocycles. The standard InChI is InChI=1S/C15H26N2O/c1-17(13-8-4-5-10(13)9-16)15(18)14-11-6-2-3-7-12(11)14/h10-14H,2-9,16H2,1H3. The van der Waals surface area contributed by atoms with Gasteiger partial charge in [0, 0.05) is 19.0 Å². The van der Waals surface area contributed by atoms with Gasteiger partial charge in [-0.05, 0) is 50.0 Å². The van der Waals surface area contributed by atoms with Gasteiger partial charge in [0.1, 0.15) is 0 Å². The van der Waals surface area contributed by atoms with Gasteiger partial charge in [0.05, 0.1) is 0 Å². The highest BCUT2D eigenvalue weighted by Gasteiger charge is 2.56. The first-order valence-corrected chi connectivity index (χ1v) is 7.70. The SMILES string of the molecule is CN(C(=O)C1C2CCCCC21)C1CCCC1CN. The minimum atomic E-state index is 0.372. The van der Waals surface area contributed by atoms with Crippen molar-refractivity contribution >= 4 is 5.91 Å². The van der Waals surface area contributed by atoms with Gasteiger partial charge in [0.2, 0.25) is 5.91 Å². The Labute approximate surface area is 110 Å².